The summed E-state index contributed by atoms with van der Waals surface area (Å²) in [4.78, 5) is 18.9. The van der Waals surface area contributed by atoms with Crippen molar-refractivity contribution < 1.29 is 4.79 Å². The Balaban J connectivity index is 2.46. The molecule has 20 heavy (non-hydrogen) atoms. The van der Waals surface area contributed by atoms with Crippen molar-refractivity contribution in [2.24, 2.45) is 5.92 Å². The molecule has 0 atom stereocenters. The van der Waals surface area contributed by atoms with Crippen molar-refractivity contribution >= 4 is 5.91 Å². The molecular formula is C15H32N4O. The topological polar surface area (TPSA) is 38.8 Å². The summed E-state index contributed by atoms with van der Waals surface area (Å²) in [6, 6.07) is 0. The Labute approximate surface area is 124 Å². The minimum atomic E-state index is 0.285. The fourth-order valence-electron chi connectivity index (χ4n) is 2.48. The van der Waals surface area contributed by atoms with Gasteiger partial charge in [-0.1, -0.05) is 13.8 Å². The van der Waals surface area contributed by atoms with Crippen LogP contribution in [-0.4, -0.2) is 87.1 Å². The standard InChI is InChI=1S/C15H32N4O/c1-14(2)12-18(11-10-17(3)4)13-15(20)19-8-5-6-16-7-9-19/h14,16H,5-13H2,1-4H3. The van der Waals surface area contributed by atoms with E-state index < -0.39 is 0 Å². The fraction of sp³-hybridized carbons (Fsp3) is 0.933. The van der Waals surface area contributed by atoms with Gasteiger partial charge in [-0.15, -0.1) is 0 Å². The minimum absolute atomic E-state index is 0.285. The molecule has 5 heteroatoms. The summed E-state index contributed by atoms with van der Waals surface area (Å²) in [6.07, 6.45) is 1.06. The fourth-order valence-corrected chi connectivity index (χ4v) is 2.48. The average molecular weight is 284 g/mol. The highest BCUT2D eigenvalue weighted by Crippen LogP contribution is 2.02. The Hall–Kier alpha value is -0.650. The lowest BCUT2D eigenvalue weighted by Crippen LogP contribution is -2.44. The summed E-state index contributed by atoms with van der Waals surface area (Å²) in [5.41, 5.74) is 0. The van der Waals surface area contributed by atoms with E-state index in [4.69, 9.17) is 0 Å². The molecule has 1 N–H and O–H groups in total. The van der Waals surface area contributed by atoms with Gasteiger partial charge in [-0.2, -0.15) is 0 Å². The quantitative estimate of drug-likeness (QED) is 0.731. The van der Waals surface area contributed by atoms with Crippen molar-refractivity contribution in [3.63, 3.8) is 0 Å². The zero-order chi connectivity index (χ0) is 15.0. The average Bonchev–Trinajstić information content (AvgIpc) is 2.64. The third kappa shape index (κ3) is 7.22. The van der Waals surface area contributed by atoms with Gasteiger partial charge in [0, 0.05) is 39.3 Å². The zero-order valence-corrected chi connectivity index (χ0v) is 13.7. The van der Waals surface area contributed by atoms with Crippen molar-refractivity contribution in [1.29, 1.82) is 0 Å². The summed E-state index contributed by atoms with van der Waals surface area (Å²) in [5.74, 6) is 0.879. The predicted octanol–water partition coefficient (Wildman–Crippen LogP) is 0.328. The molecule has 0 aromatic rings. The molecular weight excluding hydrogens is 252 g/mol. The van der Waals surface area contributed by atoms with E-state index in [1.165, 1.54) is 0 Å². The Bertz CT molecular complexity index is 273. The highest BCUT2D eigenvalue weighted by molar-refractivity contribution is 5.78. The lowest BCUT2D eigenvalue weighted by Gasteiger charge is -2.28. The summed E-state index contributed by atoms with van der Waals surface area (Å²) >= 11 is 0. The SMILES string of the molecule is CC(C)CN(CCN(C)C)CC(=O)N1CCCNCC1. The highest BCUT2D eigenvalue weighted by atomic mass is 16.2. The Morgan fingerprint density at radius 3 is 2.60 bits per heavy atom. The second-order valence-corrected chi connectivity index (χ2v) is 6.42. The molecule has 0 bridgehead atoms. The molecule has 0 unspecified atom stereocenters. The number of likely N-dealkylation sites (N-methyl/N-ethyl adjacent to an activating group) is 1. The van der Waals surface area contributed by atoms with Crippen molar-refractivity contribution in [3.8, 4) is 0 Å². The third-order valence-corrected chi connectivity index (χ3v) is 3.54. The molecule has 1 saturated heterocycles. The van der Waals surface area contributed by atoms with Gasteiger partial charge < -0.3 is 15.1 Å². The maximum absolute atomic E-state index is 12.4. The molecule has 0 aliphatic carbocycles. The van der Waals surface area contributed by atoms with Gasteiger partial charge in [0.05, 0.1) is 6.54 Å². The van der Waals surface area contributed by atoms with Crippen LogP contribution in [0.15, 0.2) is 0 Å². The van der Waals surface area contributed by atoms with E-state index in [2.05, 4.69) is 43.1 Å². The highest BCUT2D eigenvalue weighted by Gasteiger charge is 2.19. The zero-order valence-electron chi connectivity index (χ0n) is 13.7. The predicted molar refractivity (Wildman–Crippen MR) is 83.9 cm³/mol. The van der Waals surface area contributed by atoms with E-state index in [1.54, 1.807) is 0 Å². The second-order valence-electron chi connectivity index (χ2n) is 6.42. The normalized spacial score (nSPS) is 17.1. The number of rotatable bonds is 7. The van der Waals surface area contributed by atoms with E-state index in [0.29, 0.717) is 12.5 Å². The van der Waals surface area contributed by atoms with Gasteiger partial charge in [0.15, 0.2) is 0 Å². The molecule has 5 nitrogen and oxygen atoms in total. The van der Waals surface area contributed by atoms with Gasteiger partial charge in [0.2, 0.25) is 5.91 Å². The number of nitrogens with zero attached hydrogens (tertiary/aromatic N) is 3. The van der Waals surface area contributed by atoms with Crippen LogP contribution >= 0.6 is 0 Å². The number of carbonyl (C=O) groups excluding carboxylic acids is 1. The second kappa shape index (κ2) is 9.32. The summed E-state index contributed by atoms with van der Waals surface area (Å²) in [7, 11) is 4.16. The van der Waals surface area contributed by atoms with E-state index in [1.807, 2.05) is 4.90 Å². The van der Waals surface area contributed by atoms with Crippen LogP contribution in [0.3, 0.4) is 0 Å². The molecule has 0 aromatic carbocycles. The molecule has 1 fully saturated rings. The molecule has 0 spiro atoms. The van der Waals surface area contributed by atoms with Crippen LogP contribution < -0.4 is 5.32 Å². The van der Waals surface area contributed by atoms with Crippen molar-refractivity contribution in [3.05, 3.63) is 0 Å². The van der Waals surface area contributed by atoms with Gasteiger partial charge in [0.25, 0.3) is 0 Å². The maximum atomic E-state index is 12.4. The molecule has 1 aliphatic heterocycles. The molecule has 1 aliphatic rings. The van der Waals surface area contributed by atoms with Crippen LogP contribution in [0.25, 0.3) is 0 Å². The lowest BCUT2D eigenvalue weighted by molar-refractivity contribution is -0.132. The lowest BCUT2D eigenvalue weighted by atomic mass is 10.2. The number of amides is 1. The summed E-state index contributed by atoms with van der Waals surface area (Å²) in [5, 5.41) is 3.34. The third-order valence-electron chi connectivity index (χ3n) is 3.54. The number of nitrogens with one attached hydrogen (secondary N) is 1. The summed E-state index contributed by atoms with van der Waals surface area (Å²) in [6.45, 7) is 11.6. The molecule has 0 radical (unpaired) electrons. The van der Waals surface area contributed by atoms with Crippen LogP contribution in [-0.2, 0) is 4.79 Å². The van der Waals surface area contributed by atoms with Crippen LogP contribution in [0.1, 0.15) is 20.3 Å². The van der Waals surface area contributed by atoms with Gasteiger partial charge in [-0.3, -0.25) is 9.69 Å². The van der Waals surface area contributed by atoms with Crippen molar-refractivity contribution in [1.82, 2.24) is 20.0 Å². The van der Waals surface area contributed by atoms with Gasteiger partial charge in [-0.25, -0.2) is 0 Å². The number of hydrogen-bond donors (Lipinski definition) is 1. The van der Waals surface area contributed by atoms with E-state index in [0.717, 1.165) is 52.2 Å². The molecule has 0 saturated carbocycles. The van der Waals surface area contributed by atoms with Gasteiger partial charge in [-0.05, 0) is 33.0 Å². The van der Waals surface area contributed by atoms with E-state index in [-0.39, 0.29) is 5.91 Å². The molecule has 1 amide bonds. The first-order valence-corrected chi connectivity index (χ1v) is 7.84. The largest absolute Gasteiger partial charge is 0.340 e. The minimum Gasteiger partial charge on any atom is -0.340 e. The van der Waals surface area contributed by atoms with Crippen molar-refractivity contribution in [2.45, 2.75) is 20.3 Å². The molecule has 118 valence electrons. The monoisotopic (exact) mass is 284 g/mol. The molecule has 1 heterocycles. The van der Waals surface area contributed by atoms with Crippen molar-refractivity contribution in [2.75, 3.05) is 66.5 Å². The Morgan fingerprint density at radius 2 is 1.95 bits per heavy atom. The van der Waals surface area contributed by atoms with Crippen LogP contribution in [0.5, 0.6) is 0 Å². The van der Waals surface area contributed by atoms with E-state index >= 15 is 0 Å². The van der Waals surface area contributed by atoms with Gasteiger partial charge >= 0.3 is 0 Å². The first-order valence-electron chi connectivity index (χ1n) is 7.84. The first kappa shape index (κ1) is 17.4. The van der Waals surface area contributed by atoms with Gasteiger partial charge in [0.1, 0.15) is 0 Å². The number of carbonyl (C=O) groups is 1. The Morgan fingerprint density at radius 1 is 1.20 bits per heavy atom. The van der Waals surface area contributed by atoms with Crippen LogP contribution in [0.4, 0.5) is 0 Å². The van der Waals surface area contributed by atoms with E-state index in [9.17, 15) is 4.79 Å². The smallest absolute Gasteiger partial charge is 0.236 e. The molecule has 1 rings (SSSR count). The maximum Gasteiger partial charge on any atom is 0.236 e. The summed E-state index contributed by atoms with van der Waals surface area (Å²) < 4.78 is 0. The number of hydrogen-bond acceptors (Lipinski definition) is 4. The van der Waals surface area contributed by atoms with Crippen LogP contribution in [0.2, 0.25) is 0 Å². The molecule has 0 aromatic heterocycles. The van der Waals surface area contributed by atoms with Crippen LogP contribution in [0, 0.1) is 5.92 Å². The Kier molecular flexibility index (Phi) is 8.11. The first-order chi connectivity index (χ1) is 9.49.